The number of nitrogens with zero attached hydrogens (tertiary/aromatic N) is 1. The highest BCUT2D eigenvalue weighted by molar-refractivity contribution is 5.94. The zero-order valence-electron chi connectivity index (χ0n) is 12.2. The van der Waals surface area contributed by atoms with E-state index in [0.717, 1.165) is 12.8 Å². The van der Waals surface area contributed by atoms with Crippen molar-refractivity contribution in [2.45, 2.75) is 25.3 Å². The maximum absolute atomic E-state index is 12.3. The maximum Gasteiger partial charge on any atom is 0.253 e. The molecule has 21 heavy (non-hydrogen) atoms. The summed E-state index contributed by atoms with van der Waals surface area (Å²) in [6.07, 6.45) is 3.87. The first-order chi connectivity index (χ1) is 10.2. The van der Waals surface area contributed by atoms with Crippen molar-refractivity contribution in [3.63, 3.8) is 0 Å². The predicted molar refractivity (Wildman–Crippen MR) is 77.3 cm³/mol. The van der Waals surface area contributed by atoms with E-state index in [1.54, 1.807) is 12.1 Å². The lowest BCUT2D eigenvalue weighted by atomic mass is 9.89. The van der Waals surface area contributed by atoms with Gasteiger partial charge in [0.25, 0.3) is 5.91 Å². The van der Waals surface area contributed by atoms with Gasteiger partial charge >= 0.3 is 0 Å². The maximum atomic E-state index is 12.3. The fraction of sp³-hybridized carbons (Fsp3) is 0.600. The van der Waals surface area contributed by atoms with E-state index in [1.165, 1.54) is 13.3 Å². The summed E-state index contributed by atoms with van der Waals surface area (Å²) in [6.45, 7) is 1.49. The van der Waals surface area contributed by atoms with Crippen molar-refractivity contribution in [3.8, 4) is 5.88 Å². The van der Waals surface area contributed by atoms with E-state index in [9.17, 15) is 9.90 Å². The highest BCUT2D eigenvalue weighted by Crippen LogP contribution is 2.21. The van der Waals surface area contributed by atoms with E-state index in [-0.39, 0.29) is 18.6 Å². The van der Waals surface area contributed by atoms with Crippen molar-refractivity contribution in [2.75, 3.05) is 26.9 Å². The van der Waals surface area contributed by atoms with Crippen LogP contribution in [0.4, 0.5) is 0 Å². The number of methoxy groups -OCH3 is 1. The number of aliphatic hydroxyl groups excluding tert-OH is 1. The van der Waals surface area contributed by atoms with Crippen LogP contribution >= 0.6 is 0 Å². The standard InChI is InChI=1S/C15H22N2O4/c1-20-14-3-2-12(10-16-14)15(19)17-13(4-7-18)11-5-8-21-9-6-11/h2-3,10-11,13,18H,4-9H2,1H3,(H,17,19). The van der Waals surface area contributed by atoms with Crippen molar-refractivity contribution in [1.82, 2.24) is 10.3 Å². The van der Waals surface area contributed by atoms with Crippen LogP contribution in [0, 0.1) is 5.92 Å². The van der Waals surface area contributed by atoms with Gasteiger partial charge in [-0.1, -0.05) is 0 Å². The zero-order chi connectivity index (χ0) is 15.1. The topological polar surface area (TPSA) is 80.7 Å². The van der Waals surface area contributed by atoms with Gasteiger partial charge in [0.2, 0.25) is 5.88 Å². The fourth-order valence-electron chi connectivity index (χ4n) is 2.57. The van der Waals surface area contributed by atoms with Gasteiger partial charge in [0.15, 0.2) is 0 Å². The zero-order valence-corrected chi connectivity index (χ0v) is 12.2. The molecule has 116 valence electrons. The van der Waals surface area contributed by atoms with Crippen LogP contribution in [0.3, 0.4) is 0 Å². The van der Waals surface area contributed by atoms with Gasteiger partial charge in [0.1, 0.15) is 0 Å². The van der Waals surface area contributed by atoms with Gasteiger partial charge in [0, 0.05) is 38.1 Å². The van der Waals surface area contributed by atoms with Crippen LogP contribution in [0.2, 0.25) is 0 Å². The molecule has 1 unspecified atom stereocenters. The van der Waals surface area contributed by atoms with Crippen molar-refractivity contribution in [2.24, 2.45) is 5.92 Å². The Morgan fingerprint density at radius 3 is 2.86 bits per heavy atom. The molecule has 1 fully saturated rings. The number of ether oxygens (including phenoxy) is 2. The van der Waals surface area contributed by atoms with E-state index < -0.39 is 0 Å². The molecule has 1 aliphatic rings. The van der Waals surface area contributed by atoms with Gasteiger partial charge in [-0.2, -0.15) is 0 Å². The number of amides is 1. The quantitative estimate of drug-likeness (QED) is 0.818. The van der Waals surface area contributed by atoms with Crippen LogP contribution in [0.5, 0.6) is 5.88 Å². The molecule has 1 aromatic heterocycles. The van der Waals surface area contributed by atoms with E-state index in [1.807, 2.05) is 0 Å². The highest BCUT2D eigenvalue weighted by atomic mass is 16.5. The first-order valence-electron chi connectivity index (χ1n) is 7.24. The number of hydrogen-bond acceptors (Lipinski definition) is 5. The molecule has 1 amide bonds. The molecule has 2 N–H and O–H groups in total. The lowest BCUT2D eigenvalue weighted by Gasteiger charge is -2.30. The molecule has 6 heteroatoms. The number of carbonyl (C=O) groups excluding carboxylic acids is 1. The Bertz CT molecular complexity index is 443. The van der Waals surface area contributed by atoms with Crippen LogP contribution in [-0.2, 0) is 4.74 Å². The van der Waals surface area contributed by atoms with Crippen molar-refractivity contribution in [1.29, 1.82) is 0 Å². The molecule has 1 aliphatic heterocycles. The summed E-state index contributed by atoms with van der Waals surface area (Å²) in [6, 6.07) is 3.31. The monoisotopic (exact) mass is 294 g/mol. The molecule has 0 aliphatic carbocycles. The Labute approximate surface area is 124 Å². The summed E-state index contributed by atoms with van der Waals surface area (Å²) in [4.78, 5) is 16.3. The third kappa shape index (κ3) is 4.41. The van der Waals surface area contributed by atoms with Crippen molar-refractivity contribution < 1.29 is 19.4 Å². The highest BCUT2D eigenvalue weighted by Gasteiger charge is 2.25. The SMILES string of the molecule is COc1ccc(C(=O)NC(CCO)C2CCOCC2)cn1. The van der Waals surface area contributed by atoms with Gasteiger partial charge in [0.05, 0.1) is 12.7 Å². The molecule has 0 aromatic carbocycles. The molecule has 1 atom stereocenters. The van der Waals surface area contributed by atoms with Crippen LogP contribution in [0.25, 0.3) is 0 Å². The van der Waals surface area contributed by atoms with E-state index >= 15 is 0 Å². The van der Waals surface area contributed by atoms with Crippen LogP contribution < -0.4 is 10.1 Å². The molecular formula is C15H22N2O4. The van der Waals surface area contributed by atoms with Gasteiger partial charge in [-0.05, 0) is 31.2 Å². The summed E-state index contributed by atoms with van der Waals surface area (Å²) < 4.78 is 10.3. The largest absolute Gasteiger partial charge is 0.481 e. The molecular weight excluding hydrogens is 272 g/mol. The summed E-state index contributed by atoms with van der Waals surface area (Å²) in [5, 5.41) is 12.2. The lowest BCUT2D eigenvalue weighted by molar-refractivity contribution is 0.0478. The molecule has 0 bridgehead atoms. The number of rotatable bonds is 6. The molecule has 2 rings (SSSR count). The summed E-state index contributed by atoms with van der Waals surface area (Å²) in [5.41, 5.74) is 0.491. The molecule has 2 heterocycles. The van der Waals surface area contributed by atoms with E-state index in [0.29, 0.717) is 37.0 Å². The second-order valence-electron chi connectivity index (χ2n) is 5.13. The summed E-state index contributed by atoms with van der Waals surface area (Å²) in [5.74, 6) is 0.652. The fourth-order valence-corrected chi connectivity index (χ4v) is 2.57. The second kappa shape index (κ2) is 7.95. The normalized spacial score (nSPS) is 17.2. The second-order valence-corrected chi connectivity index (χ2v) is 5.13. The average molecular weight is 294 g/mol. The van der Waals surface area contributed by atoms with Gasteiger partial charge in [-0.15, -0.1) is 0 Å². The predicted octanol–water partition coefficient (Wildman–Crippen LogP) is 0.998. The minimum atomic E-state index is -0.171. The van der Waals surface area contributed by atoms with Gasteiger partial charge in [-0.25, -0.2) is 4.98 Å². The van der Waals surface area contributed by atoms with Crippen LogP contribution in [0.15, 0.2) is 18.3 Å². The number of nitrogens with one attached hydrogen (secondary N) is 1. The molecule has 0 saturated carbocycles. The number of hydrogen-bond donors (Lipinski definition) is 2. The first kappa shape index (κ1) is 15.7. The van der Waals surface area contributed by atoms with Gasteiger partial charge in [-0.3, -0.25) is 4.79 Å². The lowest BCUT2D eigenvalue weighted by Crippen LogP contribution is -2.43. The number of aliphatic hydroxyl groups is 1. The number of pyridine rings is 1. The molecule has 6 nitrogen and oxygen atoms in total. The smallest absolute Gasteiger partial charge is 0.253 e. The molecule has 0 radical (unpaired) electrons. The molecule has 1 aromatic rings. The Kier molecular flexibility index (Phi) is 5.95. The van der Waals surface area contributed by atoms with Crippen molar-refractivity contribution >= 4 is 5.91 Å². The third-order valence-corrected chi connectivity index (χ3v) is 3.80. The number of carbonyl (C=O) groups is 1. The molecule has 0 spiro atoms. The minimum Gasteiger partial charge on any atom is -0.481 e. The summed E-state index contributed by atoms with van der Waals surface area (Å²) >= 11 is 0. The average Bonchev–Trinajstić information content (AvgIpc) is 2.55. The van der Waals surface area contributed by atoms with E-state index in [4.69, 9.17) is 9.47 Å². The van der Waals surface area contributed by atoms with Crippen LogP contribution in [0.1, 0.15) is 29.6 Å². The van der Waals surface area contributed by atoms with Crippen LogP contribution in [-0.4, -0.2) is 49.0 Å². The Morgan fingerprint density at radius 2 is 2.29 bits per heavy atom. The minimum absolute atomic E-state index is 0.0338. The van der Waals surface area contributed by atoms with Crippen molar-refractivity contribution in [3.05, 3.63) is 23.9 Å². The Balaban J connectivity index is 1.99. The first-order valence-corrected chi connectivity index (χ1v) is 7.24. The Morgan fingerprint density at radius 1 is 1.52 bits per heavy atom. The Hall–Kier alpha value is -1.66. The van der Waals surface area contributed by atoms with Gasteiger partial charge < -0.3 is 19.9 Å². The van der Waals surface area contributed by atoms with E-state index in [2.05, 4.69) is 10.3 Å². The molecule has 1 saturated heterocycles. The third-order valence-electron chi connectivity index (χ3n) is 3.80. The summed E-state index contributed by atoms with van der Waals surface area (Å²) in [7, 11) is 1.53. The number of aromatic nitrogens is 1.